The van der Waals surface area contributed by atoms with Gasteiger partial charge in [-0.05, 0) is 54.6 Å². The lowest BCUT2D eigenvalue weighted by Gasteiger charge is -2.08. The molecule has 0 aliphatic carbocycles. The molecule has 0 N–H and O–H groups in total. The summed E-state index contributed by atoms with van der Waals surface area (Å²) in [5.41, 5.74) is 1.09. The van der Waals surface area contributed by atoms with Crippen molar-refractivity contribution < 1.29 is 14.5 Å². The van der Waals surface area contributed by atoms with Gasteiger partial charge in [0, 0.05) is 9.13 Å². The van der Waals surface area contributed by atoms with Crippen molar-refractivity contribution in [2.75, 3.05) is 6.61 Å². The van der Waals surface area contributed by atoms with Gasteiger partial charge in [-0.25, -0.2) is 9.78 Å². The highest BCUT2D eigenvalue weighted by Gasteiger charge is 2.26. The normalized spacial score (nSPS) is 10.3. The fourth-order valence-electron chi connectivity index (χ4n) is 2.06. The number of esters is 1. The molecule has 0 radical (unpaired) electrons. The molecule has 0 aliphatic heterocycles. The van der Waals surface area contributed by atoms with Gasteiger partial charge in [-0.2, -0.15) is 0 Å². The van der Waals surface area contributed by atoms with Gasteiger partial charge < -0.3 is 4.74 Å². The number of benzene rings is 1. The molecule has 0 unspecified atom stereocenters. The van der Waals surface area contributed by atoms with E-state index in [-0.39, 0.29) is 23.6 Å². The lowest BCUT2D eigenvalue weighted by atomic mass is 10.1. The lowest BCUT2D eigenvalue weighted by molar-refractivity contribution is -0.386. The van der Waals surface area contributed by atoms with Gasteiger partial charge in [0.15, 0.2) is 0 Å². The molecule has 0 aliphatic rings. The minimum absolute atomic E-state index is 0.0757. The standard InChI is InChI=1S/C15H13IN2O4/c1-3-22-15(19)12-8-13(10-5-4-6-11(16)7-10)17-9(2)14(12)18(20)21/h4-8H,3H2,1-2H3. The van der Waals surface area contributed by atoms with Gasteiger partial charge in [0.2, 0.25) is 0 Å². The van der Waals surface area contributed by atoms with E-state index < -0.39 is 10.9 Å². The molecule has 7 heteroatoms. The van der Waals surface area contributed by atoms with E-state index in [1.807, 2.05) is 24.3 Å². The number of rotatable bonds is 4. The van der Waals surface area contributed by atoms with Crippen LogP contribution in [0.2, 0.25) is 0 Å². The number of hydrogen-bond donors (Lipinski definition) is 0. The van der Waals surface area contributed by atoms with Crippen molar-refractivity contribution in [3.63, 3.8) is 0 Å². The first-order valence-corrected chi connectivity index (χ1v) is 7.61. The summed E-state index contributed by atoms with van der Waals surface area (Å²) in [5, 5.41) is 11.2. The lowest BCUT2D eigenvalue weighted by Crippen LogP contribution is -2.10. The molecule has 2 rings (SSSR count). The second-order valence-corrected chi connectivity index (χ2v) is 5.72. The number of ether oxygens (including phenoxy) is 1. The van der Waals surface area contributed by atoms with Crippen LogP contribution in [0.25, 0.3) is 11.3 Å². The van der Waals surface area contributed by atoms with E-state index in [9.17, 15) is 14.9 Å². The largest absolute Gasteiger partial charge is 0.462 e. The Kier molecular flexibility index (Phi) is 5.07. The molecular formula is C15H13IN2O4. The van der Waals surface area contributed by atoms with Gasteiger partial charge in [0.1, 0.15) is 11.3 Å². The van der Waals surface area contributed by atoms with E-state index in [0.717, 1.165) is 9.13 Å². The number of carbonyl (C=O) groups excluding carboxylic acids is 1. The monoisotopic (exact) mass is 412 g/mol. The molecule has 0 spiro atoms. The number of aromatic nitrogens is 1. The van der Waals surface area contributed by atoms with Gasteiger partial charge in [0.05, 0.1) is 17.2 Å². The Morgan fingerprint density at radius 2 is 2.14 bits per heavy atom. The average molecular weight is 412 g/mol. The van der Waals surface area contributed by atoms with Gasteiger partial charge in [-0.1, -0.05) is 12.1 Å². The fraction of sp³-hybridized carbons (Fsp3) is 0.200. The van der Waals surface area contributed by atoms with Crippen LogP contribution in [0.1, 0.15) is 23.0 Å². The Balaban J connectivity index is 2.64. The first kappa shape index (κ1) is 16.3. The predicted molar refractivity (Wildman–Crippen MR) is 89.7 cm³/mol. The van der Waals surface area contributed by atoms with Crippen LogP contribution in [0.3, 0.4) is 0 Å². The van der Waals surface area contributed by atoms with Crippen LogP contribution in [-0.2, 0) is 4.74 Å². The highest BCUT2D eigenvalue weighted by Crippen LogP contribution is 2.28. The summed E-state index contributed by atoms with van der Waals surface area (Å²) in [6.45, 7) is 3.31. The number of pyridine rings is 1. The molecule has 0 amide bonds. The van der Waals surface area contributed by atoms with E-state index in [1.165, 1.54) is 13.0 Å². The smallest absolute Gasteiger partial charge is 0.345 e. The third-order valence-electron chi connectivity index (χ3n) is 2.97. The molecule has 2 aromatic rings. The molecule has 22 heavy (non-hydrogen) atoms. The van der Waals surface area contributed by atoms with Crippen molar-refractivity contribution in [2.45, 2.75) is 13.8 Å². The second kappa shape index (κ2) is 6.82. The molecule has 0 bridgehead atoms. The highest BCUT2D eigenvalue weighted by molar-refractivity contribution is 14.1. The predicted octanol–water partition coefficient (Wildman–Crippen LogP) is 3.75. The molecule has 1 aromatic heterocycles. The maximum absolute atomic E-state index is 12.0. The summed E-state index contributed by atoms with van der Waals surface area (Å²) >= 11 is 2.17. The Hall–Kier alpha value is -2.03. The van der Waals surface area contributed by atoms with Crippen LogP contribution in [0, 0.1) is 20.6 Å². The quantitative estimate of drug-likeness (QED) is 0.331. The van der Waals surface area contributed by atoms with Gasteiger partial charge in [-0.15, -0.1) is 0 Å². The summed E-state index contributed by atoms with van der Waals surface area (Å²) in [4.78, 5) is 26.9. The van der Waals surface area contributed by atoms with E-state index in [1.54, 1.807) is 6.92 Å². The number of nitrogens with zero attached hydrogens (tertiary/aromatic N) is 2. The number of hydrogen-bond acceptors (Lipinski definition) is 5. The molecule has 0 fully saturated rings. The van der Waals surface area contributed by atoms with Gasteiger partial charge >= 0.3 is 11.7 Å². The van der Waals surface area contributed by atoms with E-state index in [4.69, 9.17) is 4.74 Å². The van der Waals surface area contributed by atoms with Crippen LogP contribution in [0.4, 0.5) is 5.69 Å². The second-order valence-electron chi connectivity index (χ2n) is 4.48. The first-order chi connectivity index (χ1) is 10.4. The Bertz CT molecular complexity index is 746. The molecule has 114 valence electrons. The summed E-state index contributed by atoms with van der Waals surface area (Å²) in [7, 11) is 0. The van der Waals surface area contributed by atoms with Crippen molar-refractivity contribution in [3.8, 4) is 11.3 Å². The van der Waals surface area contributed by atoms with Crippen molar-refractivity contribution in [1.82, 2.24) is 4.98 Å². The molecule has 0 saturated heterocycles. The molecule has 1 heterocycles. The van der Waals surface area contributed by atoms with Gasteiger partial charge in [-0.3, -0.25) is 10.1 Å². The Morgan fingerprint density at radius 1 is 1.41 bits per heavy atom. The van der Waals surface area contributed by atoms with Crippen molar-refractivity contribution in [2.24, 2.45) is 0 Å². The minimum Gasteiger partial charge on any atom is -0.462 e. The molecule has 6 nitrogen and oxygen atoms in total. The summed E-state index contributed by atoms with van der Waals surface area (Å²) in [5.74, 6) is -0.716. The van der Waals surface area contributed by atoms with Crippen molar-refractivity contribution >= 4 is 34.2 Å². The molecule has 1 aromatic carbocycles. The molecular weight excluding hydrogens is 399 g/mol. The van der Waals surface area contributed by atoms with E-state index in [2.05, 4.69) is 27.6 Å². The zero-order valence-corrected chi connectivity index (χ0v) is 14.2. The Labute approximate surface area is 140 Å². The van der Waals surface area contributed by atoms with Crippen molar-refractivity contribution in [1.29, 1.82) is 0 Å². The highest BCUT2D eigenvalue weighted by atomic mass is 127. The van der Waals surface area contributed by atoms with Crippen molar-refractivity contribution in [3.05, 3.63) is 55.3 Å². The Morgan fingerprint density at radius 3 is 2.73 bits per heavy atom. The molecule has 0 saturated carbocycles. The summed E-state index contributed by atoms with van der Waals surface area (Å²) < 4.78 is 5.92. The maximum Gasteiger partial charge on any atom is 0.345 e. The van der Waals surface area contributed by atoms with Gasteiger partial charge in [0.25, 0.3) is 0 Å². The zero-order chi connectivity index (χ0) is 16.3. The average Bonchev–Trinajstić information content (AvgIpc) is 2.46. The van der Waals surface area contributed by atoms with Crippen LogP contribution in [0.15, 0.2) is 30.3 Å². The maximum atomic E-state index is 12.0. The number of nitro groups is 1. The van der Waals surface area contributed by atoms with Crippen LogP contribution >= 0.6 is 22.6 Å². The third kappa shape index (κ3) is 3.41. The number of halogens is 1. The molecule has 0 atom stereocenters. The van der Waals surface area contributed by atoms with E-state index >= 15 is 0 Å². The zero-order valence-electron chi connectivity index (χ0n) is 12.0. The number of aryl methyl sites for hydroxylation is 1. The number of carbonyl (C=O) groups is 1. The van der Waals surface area contributed by atoms with Crippen LogP contribution < -0.4 is 0 Å². The van der Waals surface area contributed by atoms with Crippen LogP contribution in [0.5, 0.6) is 0 Å². The van der Waals surface area contributed by atoms with Crippen LogP contribution in [-0.4, -0.2) is 22.5 Å². The summed E-state index contributed by atoms with van der Waals surface area (Å²) in [6, 6.07) is 8.93. The summed E-state index contributed by atoms with van der Waals surface area (Å²) in [6.07, 6.45) is 0. The fourth-order valence-corrected chi connectivity index (χ4v) is 2.60. The topological polar surface area (TPSA) is 82.3 Å². The van der Waals surface area contributed by atoms with E-state index in [0.29, 0.717) is 5.69 Å². The SMILES string of the molecule is CCOC(=O)c1cc(-c2cccc(I)c2)nc(C)c1[N+](=O)[O-]. The third-order valence-corrected chi connectivity index (χ3v) is 3.64. The first-order valence-electron chi connectivity index (χ1n) is 6.53. The minimum atomic E-state index is -0.716.